The Morgan fingerprint density at radius 2 is 1.97 bits per heavy atom. The number of benzene rings is 1. The largest absolute Gasteiger partial charge is 0.352 e. The number of pyridine rings is 1. The van der Waals surface area contributed by atoms with Crippen molar-refractivity contribution in [1.29, 1.82) is 0 Å². The Morgan fingerprint density at radius 3 is 2.66 bits per heavy atom. The van der Waals surface area contributed by atoms with Gasteiger partial charge >= 0.3 is 0 Å². The molecular formula is C25H29N5OS. The van der Waals surface area contributed by atoms with Crippen LogP contribution in [0.4, 0.5) is 5.69 Å². The minimum absolute atomic E-state index is 0.0235. The van der Waals surface area contributed by atoms with Gasteiger partial charge in [0.1, 0.15) is 0 Å². The highest BCUT2D eigenvalue weighted by Gasteiger charge is 2.41. The van der Waals surface area contributed by atoms with E-state index in [0.717, 1.165) is 28.2 Å². The minimum atomic E-state index is -0.0845. The zero-order chi connectivity index (χ0) is 22.8. The maximum Gasteiger partial charge on any atom is 0.226 e. The molecule has 2 atom stereocenters. The molecule has 1 amide bonds. The van der Waals surface area contributed by atoms with Crippen LogP contribution in [0.1, 0.15) is 46.7 Å². The lowest BCUT2D eigenvalue weighted by molar-refractivity contribution is -0.116. The van der Waals surface area contributed by atoms with E-state index in [1.54, 1.807) is 6.20 Å². The van der Waals surface area contributed by atoms with Crippen LogP contribution in [-0.2, 0) is 11.8 Å². The molecule has 0 radical (unpaired) electrons. The first-order valence-corrected chi connectivity index (χ1v) is 11.2. The van der Waals surface area contributed by atoms with Crippen molar-refractivity contribution in [1.82, 2.24) is 19.8 Å². The van der Waals surface area contributed by atoms with E-state index in [9.17, 15) is 4.79 Å². The summed E-state index contributed by atoms with van der Waals surface area (Å²) in [7, 11) is 2.06. The summed E-state index contributed by atoms with van der Waals surface area (Å²) in [5, 5.41) is 7.14. The first kappa shape index (κ1) is 22.0. The van der Waals surface area contributed by atoms with Crippen LogP contribution in [0.3, 0.4) is 0 Å². The Bertz CT molecular complexity index is 1140. The summed E-state index contributed by atoms with van der Waals surface area (Å²) in [6.45, 7) is 6.62. The third-order valence-electron chi connectivity index (χ3n) is 6.16. The van der Waals surface area contributed by atoms with Gasteiger partial charge in [-0.1, -0.05) is 18.2 Å². The molecular weight excluding hydrogens is 418 g/mol. The first-order chi connectivity index (χ1) is 15.3. The van der Waals surface area contributed by atoms with Crippen LogP contribution in [0.25, 0.3) is 0 Å². The van der Waals surface area contributed by atoms with Gasteiger partial charge in [0.15, 0.2) is 5.11 Å². The topological polar surface area (TPSA) is 62.2 Å². The van der Waals surface area contributed by atoms with Crippen LogP contribution in [0, 0.1) is 20.8 Å². The highest BCUT2D eigenvalue weighted by atomic mass is 32.1. The van der Waals surface area contributed by atoms with Crippen LogP contribution in [0.2, 0.25) is 0 Å². The number of nitrogens with one attached hydrogen (secondary N) is 2. The van der Waals surface area contributed by atoms with Gasteiger partial charge in [0, 0.05) is 43.3 Å². The average Bonchev–Trinajstić information content (AvgIpc) is 3.28. The van der Waals surface area contributed by atoms with E-state index >= 15 is 0 Å². The molecule has 2 aromatic heterocycles. The third kappa shape index (κ3) is 4.39. The number of carbonyl (C=O) groups is 1. The number of anilines is 1. The standard InChI is InChI=1S/C25H29N5OS/c1-16-8-9-17(2)20(15-16)27-22(31)12-14-30-24(21-11-10-18(3)29(21)4)23(28-25(30)32)19-7-5-6-13-26-19/h5-11,13,15,23-24H,12,14H2,1-4H3,(H,27,31)(H,28,32)/t23-,24+/m1/s1. The van der Waals surface area contributed by atoms with Gasteiger partial charge in [-0.05, 0) is 74.4 Å². The molecule has 1 aliphatic heterocycles. The molecule has 32 heavy (non-hydrogen) atoms. The van der Waals surface area contributed by atoms with Crippen molar-refractivity contribution in [3.63, 3.8) is 0 Å². The number of thiocarbonyl (C=S) groups is 1. The van der Waals surface area contributed by atoms with Gasteiger partial charge in [-0.3, -0.25) is 9.78 Å². The molecule has 6 nitrogen and oxygen atoms in total. The molecule has 166 valence electrons. The lowest BCUT2D eigenvalue weighted by Gasteiger charge is -2.28. The van der Waals surface area contributed by atoms with Crippen LogP contribution in [0.5, 0.6) is 0 Å². The Labute approximate surface area is 194 Å². The second kappa shape index (κ2) is 9.12. The molecule has 0 bridgehead atoms. The SMILES string of the molecule is Cc1ccc(C)c(NC(=O)CCN2C(=S)N[C@H](c3ccccn3)[C@@H]2c2ccc(C)n2C)c1. The molecule has 4 rings (SSSR count). The van der Waals surface area contributed by atoms with Crippen molar-refractivity contribution in [2.24, 2.45) is 7.05 Å². The molecule has 0 spiro atoms. The summed E-state index contributed by atoms with van der Waals surface area (Å²) >= 11 is 5.71. The van der Waals surface area contributed by atoms with E-state index in [4.69, 9.17) is 12.2 Å². The molecule has 1 aromatic carbocycles. The van der Waals surface area contributed by atoms with Crippen molar-refractivity contribution >= 4 is 28.9 Å². The summed E-state index contributed by atoms with van der Waals surface area (Å²) < 4.78 is 2.18. The van der Waals surface area contributed by atoms with E-state index < -0.39 is 0 Å². The number of rotatable bonds is 6. The Balaban J connectivity index is 1.56. The number of aromatic nitrogens is 2. The van der Waals surface area contributed by atoms with Crippen LogP contribution in [-0.4, -0.2) is 32.0 Å². The third-order valence-corrected chi connectivity index (χ3v) is 6.51. The minimum Gasteiger partial charge on any atom is -0.352 e. The molecule has 0 unspecified atom stereocenters. The summed E-state index contributed by atoms with van der Waals surface area (Å²) in [5.41, 5.74) is 6.27. The number of aryl methyl sites for hydroxylation is 3. The fraction of sp³-hybridized carbons (Fsp3) is 0.320. The lowest BCUT2D eigenvalue weighted by Crippen LogP contribution is -2.33. The van der Waals surface area contributed by atoms with E-state index in [0.29, 0.717) is 18.1 Å². The molecule has 0 aliphatic carbocycles. The highest BCUT2D eigenvalue weighted by Crippen LogP contribution is 2.39. The van der Waals surface area contributed by atoms with Crippen molar-refractivity contribution in [3.8, 4) is 0 Å². The number of hydrogen-bond donors (Lipinski definition) is 2. The molecule has 0 saturated carbocycles. The first-order valence-electron chi connectivity index (χ1n) is 10.8. The molecule has 2 N–H and O–H groups in total. The monoisotopic (exact) mass is 447 g/mol. The Kier molecular flexibility index (Phi) is 6.28. The van der Waals surface area contributed by atoms with E-state index in [2.05, 4.69) is 51.2 Å². The predicted molar refractivity (Wildman–Crippen MR) is 131 cm³/mol. The summed E-state index contributed by atoms with van der Waals surface area (Å²) in [6, 6.07) is 16.1. The number of hydrogen-bond acceptors (Lipinski definition) is 3. The van der Waals surface area contributed by atoms with Crippen molar-refractivity contribution in [3.05, 3.63) is 82.9 Å². The van der Waals surface area contributed by atoms with Crippen LogP contribution in [0.15, 0.2) is 54.7 Å². The lowest BCUT2D eigenvalue weighted by atomic mass is 10.0. The molecule has 1 aliphatic rings. The molecule has 1 fully saturated rings. The van der Waals surface area contributed by atoms with Crippen molar-refractivity contribution < 1.29 is 4.79 Å². The van der Waals surface area contributed by atoms with Crippen LogP contribution < -0.4 is 10.6 Å². The zero-order valence-corrected chi connectivity index (χ0v) is 19.7. The number of carbonyl (C=O) groups excluding carboxylic acids is 1. The van der Waals surface area contributed by atoms with Gasteiger partial charge < -0.3 is 20.1 Å². The van der Waals surface area contributed by atoms with Gasteiger partial charge in [0.05, 0.1) is 17.8 Å². The Morgan fingerprint density at radius 1 is 1.16 bits per heavy atom. The van der Waals surface area contributed by atoms with Gasteiger partial charge in [-0.15, -0.1) is 0 Å². The molecule has 3 aromatic rings. The van der Waals surface area contributed by atoms with Crippen LogP contribution >= 0.6 is 12.2 Å². The van der Waals surface area contributed by atoms with Crippen molar-refractivity contribution in [2.75, 3.05) is 11.9 Å². The van der Waals surface area contributed by atoms with Gasteiger partial charge in [-0.25, -0.2) is 0 Å². The summed E-state index contributed by atoms with van der Waals surface area (Å²) in [5.74, 6) is -0.0235. The second-order valence-electron chi connectivity index (χ2n) is 8.40. The summed E-state index contributed by atoms with van der Waals surface area (Å²) in [6.07, 6.45) is 2.14. The summed E-state index contributed by atoms with van der Waals surface area (Å²) in [4.78, 5) is 19.5. The van der Waals surface area contributed by atoms with Crippen molar-refractivity contribution in [2.45, 2.75) is 39.3 Å². The fourth-order valence-corrected chi connectivity index (χ4v) is 4.54. The van der Waals surface area contributed by atoms with Gasteiger partial charge in [-0.2, -0.15) is 0 Å². The van der Waals surface area contributed by atoms with Gasteiger partial charge in [0.2, 0.25) is 5.91 Å². The maximum absolute atomic E-state index is 12.8. The second-order valence-corrected chi connectivity index (χ2v) is 8.78. The molecule has 7 heteroatoms. The Hall–Kier alpha value is -3.19. The number of amides is 1. The quantitative estimate of drug-likeness (QED) is 0.550. The van der Waals surface area contributed by atoms with Gasteiger partial charge in [0.25, 0.3) is 0 Å². The maximum atomic E-state index is 12.8. The zero-order valence-electron chi connectivity index (χ0n) is 18.9. The molecule has 1 saturated heterocycles. The predicted octanol–water partition coefficient (Wildman–Crippen LogP) is 4.35. The van der Waals surface area contributed by atoms with E-state index in [1.807, 2.05) is 50.2 Å². The highest BCUT2D eigenvalue weighted by molar-refractivity contribution is 7.80. The normalized spacial score (nSPS) is 18.0. The number of nitrogens with zero attached hydrogens (tertiary/aromatic N) is 3. The van der Waals surface area contributed by atoms with E-state index in [1.165, 1.54) is 5.69 Å². The molecule has 3 heterocycles. The fourth-order valence-electron chi connectivity index (χ4n) is 4.20. The van der Waals surface area contributed by atoms with E-state index in [-0.39, 0.29) is 18.0 Å². The smallest absolute Gasteiger partial charge is 0.226 e. The average molecular weight is 448 g/mol.